The van der Waals surface area contributed by atoms with Gasteiger partial charge in [-0.05, 0) is 36.6 Å². The SMILES string of the molecule is COc1ccc(C(=O)OC(C)C(=O)Nc2sccc2C(N)=O)cc1F. The number of halogens is 1. The lowest BCUT2D eigenvalue weighted by molar-refractivity contribution is -0.123. The first-order valence-corrected chi connectivity index (χ1v) is 7.94. The van der Waals surface area contributed by atoms with Gasteiger partial charge in [0.15, 0.2) is 17.7 Å². The lowest BCUT2D eigenvalue weighted by Gasteiger charge is -2.13. The van der Waals surface area contributed by atoms with Crippen molar-refractivity contribution in [2.75, 3.05) is 12.4 Å². The van der Waals surface area contributed by atoms with E-state index in [1.54, 1.807) is 5.38 Å². The number of ether oxygens (including phenoxy) is 2. The number of carbonyl (C=O) groups is 3. The molecule has 1 heterocycles. The second-order valence-corrected chi connectivity index (χ2v) is 5.83. The molecule has 0 aliphatic carbocycles. The highest BCUT2D eigenvalue weighted by atomic mass is 32.1. The quantitative estimate of drug-likeness (QED) is 0.762. The number of thiophene rings is 1. The lowest BCUT2D eigenvalue weighted by atomic mass is 10.2. The number of benzene rings is 1. The van der Waals surface area contributed by atoms with Crippen LogP contribution in [0.15, 0.2) is 29.6 Å². The minimum absolute atomic E-state index is 0.0148. The van der Waals surface area contributed by atoms with Crippen LogP contribution in [-0.2, 0) is 9.53 Å². The molecular formula is C16H15FN2O5S. The molecule has 2 aromatic rings. The van der Waals surface area contributed by atoms with Crippen LogP contribution in [0.2, 0.25) is 0 Å². The summed E-state index contributed by atoms with van der Waals surface area (Å²) in [6.45, 7) is 1.35. The van der Waals surface area contributed by atoms with Gasteiger partial charge in [0.2, 0.25) is 0 Å². The number of amides is 2. The fourth-order valence-corrected chi connectivity index (χ4v) is 2.68. The maximum atomic E-state index is 13.6. The molecule has 9 heteroatoms. The first-order valence-electron chi connectivity index (χ1n) is 7.06. The fourth-order valence-electron chi connectivity index (χ4n) is 1.89. The third kappa shape index (κ3) is 4.32. The van der Waals surface area contributed by atoms with E-state index in [2.05, 4.69) is 5.32 Å². The van der Waals surface area contributed by atoms with Gasteiger partial charge in [0.25, 0.3) is 11.8 Å². The Hall–Kier alpha value is -2.94. The molecule has 0 aliphatic rings. The number of esters is 1. The van der Waals surface area contributed by atoms with E-state index in [9.17, 15) is 18.8 Å². The number of rotatable bonds is 6. The van der Waals surface area contributed by atoms with Crippen molar-refractivity contribution in [2.45, 2.75) is 13.0 Å². The van der Waals surface area contributed by atoms with Crippen LogP contribution in [-0.4, -0.2) is 31.0 Å². The van der Waals surface area contributed by atoms with E-state index in [0.717, 1.165) is 17.4 Å². The number of anilines is 1. The maximum absolute atomic E-state index is 13.6. The predicted molar refractivity (Wildman–Crippen MR) is 89.3 cm³/mol. The van der Waals surface area contributed by atoms with E-state index >= 15 is 0 Å². The van der Waals surface area contributed by atoms with Crippen molar-refractivity contribution in [3.63, 3.8) is 0 Å². The third-order valence-corrected chi connectivity index (χ3v) is 4.04. The van der Waals surface area contributed by atoms with Gasteiger partial charge in [-0.25, -0.2) is 9.18 Å². The molecule has 1 aromatic carbocycles. The summed E-state index contributed by atoms with van der Waals surface area (Å²) in [4.78, 5) is 35.3. The number of nitrogens with two attached hydrogens (primary N) is 1. The van der Waals surface area contributed by atoms with Crippen LogP contribution in [0.25, 0.3) is 0 Å². The summed E-state index contributed by atoms with van der Waals surface area (Å²) < 4.78 is 23.4. The Morgan fingerprint density at radius 3 is 2.60 bits per heavy atom. The van der Waals surface area contributed by atoms with Crippen LogP contribution in [0, 0.1) is 5.82 Å². The molecule has 0 aliphatic heterocycles. The average Bonchev–Trinajstić information content (AvgIpc) is 3.02. The van der Waals surface area contributed by atoms with Gasteiger partial charge < -0.3 is 20.5 Å². The van der Waals surface area contributed by atoms with E-state index in [0.29, 0.717) is 0 Å². The molecule has 7 nitrogen and oxygen atoms in total. The Morgan fingerprint density at radius 1 is 1.28 bits per heavy atom. The van der Waals surface area contributed by atoms with E-state index < -0.39 is 29.7 Å². The normalized spacial score (nSPS) is 11.5. The summed E-state index contributed by atoms with van der Waals surface area (Å²) in [6, 6.07) is 5.02. The molecule has 1 atom stereocenters. The lowest BCUT2D eigenvalue weighted by Crippen LogP contribution is -2.30. The van der Waals surface area contributed by atoms with Gasteiger partial charge in [-0.1, -0.05) is 0 Å². The highest BCUT2D eigenvalue weighted by Crippen LogP contribution is 2.23. The number of hydrogen-bond donors (Lipinski definition) is 2. The predicted octanol–water partition coefficient (Wildman–Crippen LogP) is 2.18. The van der Waals surface area contributed by atoms with Crippen LogP contribution < -0.4 is 15.8 Å². The van der Waals surface area contributed by atoms with Crippen molar-refractivity contribution in [1.82, 2.24) is 0 Å². The molecule has 2 amide bonds. The average molecular weight is 366 g/mol. The summed E-state index contributed by atoms with van der Waals surface area (Å²) in [5.41, 5.74) is 5.29. The van der Waals surface area contributed by atoms with Crippen LogP contribution in [0.4, 0.5) is 9.39 Å². The minimum atomic E-state index is -1.17. The van der Waals surface area contributed by atoms with Gasteiger partial charge in [-0.2, -0.15) is 0 Å². The number of methoxy groups -OCH3 is 1. The number of nitrogens with one attached hydrogen (secondary N) is 1. The van der Waals surface area contributed by atoms with Crippen molar-refractivity contribution >= 4 is 34.1 Å². The molecule has 0 bridgehead atoms. The summed E-state index contributed by atoms with van der Waals surface area (Å²) in [6.07, 6.45) is -1.17. The van der Waals surface area contributed by atoms with Crippen molar-refractivity contribution in [1.29, 1.82) is 0 Å². The highest BCUT2D eigenvalue weighted by Gasteiger charge is 2.22. The molecule has 0 fully saturated rings. The van der Waals surface area contributed by atoms with Crippen molar-refractivity contribution in [3.8, 4) is 5.75 Å². The molecule has 25 heavy (non-hydrogen) atoms. The van der Waals surface area contributed by atoms with E-state index in [1.165, 1.54) is 32.2 Å². The van der Waals surface area contributed by atoms with E-state index in [1.807, 2.05) is 0 Å². The van der Waals surface area contributed by atoms with Crippen molar-refractivity contribution < 1.29 is 28.2 Å². The molecule has 2 rings (SSSR count). The van der Waals surface area contributed by atoms with Gasteiger partial charge in [0.05, 0.1) is 18.2 Å². The van der Waals surface area contributed by atoms with Gasteiger partial charge >= 0.3 is 5.97 Å². The summed E-state index contributed by atoms with van der Waals surface area (Å²) in [7, 11) is 1.30. The van der Waals surface area contributed by atoms with Gasteiger partial charge in [-0.3, -0.25) is 9.59 Å². The first-order chi connectivity index (χ1) is 11.8. The molecule has 1 aromatic heterocycles. The van der Waals surface area contributed by atoms with Crippen LogP contribution >= 0.6 is 11.3 Å². The zero-order chi connectivity index (χ0) is 18.6. The molecule has 0 saturated heterocycles. The monoisotopic (exact) mass is 366 g/mol. The van der Waals surface area contributed by atoms with Crippen LogP contribution in [0.5, 0.6) is 5.75 Å². The number of primary amides is 1. The smallest absolute Gasteiger partial charge is 0.339 e. The Morgan fingerprint density at radius 2 is 2.00 bits per heavy atom. The topological polar surface area (TPSA) is 108 Å². The van der Waals surface area contributed by atoms with Crippen molar-refractivity contribution in [2.24, 2.45) is 5.73 Å². The van der Waals surface area contributed by atoms with E-state index in [4.69, 9.17) is 15.2 Å². The van der Waals surface area contributed by atoms with E-state index in [-0.39, 0.29) is 21.9 Å². The number of hydrogen-bond acceptors (Lipinski definition) is 6. The second-order valence-electron chi connectivity index (χ2n) is 4.91. The zero-order valence-electron chi connectivity index (χ0n) is 13.4. The largest absolute Gasteiger partial charge is 0.494 e. The molecule has 132 valence electrons. The highest BCUT2D eigenvalue weighted by molar-refractivity contribution is 7.14. The molecule has 3 N–H and O–H groups in total. The second kappa shape index (κ2) is 7.75. The minimum Gasteiger partial charge on any atom is -0.494 e. The summed E-state index contributed by atoms with van der Waals surface area (Å²) in [5.74, 6) is -2.94. The van der Waals surface area contributed by atoms with Crippen LogP contribution in [0.1, 0.15) is 27.6 Å². The standard InChI is InChI=1S/C16H15FN2O5S/c1-8(14(21)19-15-10(13(18)20)5-6-25-15)24-16(22)9-3-4-12(23-2)11(17)7-9/h3-8H,1-2H3,(H2,18,20)(H,19,21). The van der Waals surface area contributed by atoms with Crippen LogP contribution in [0.3, 0.4) is 0 Å². The first kappa shape index (κ1) is 18.4. The maximum Gasteiger partial charge on any atom is 0.339 e. The molecule has 0 saturated carbocycles. The summed E-state index contributed by atoms with van der Waals surface area (Å²) >= 11 is 1.11. The fraction of sp³-hybridized carbons (Fsp3) is 0.188. The molecule has 1 unspecified atom stereocenters. The molecule has 0 spiro atoms. The summed E-state index contributed by atoms with van der Waals surface area (Å²) in [5, 5.41) is 4.32. The molecular weight excluding hydrogens is 351 g/mol. The van der Waals surface area contributed by atoms with Gasteiger partial charge in [0.1, 0.15) is 5.00 Å². The Balaban J connectivity index is 2.03. The Labute approximate surface area is 146 Å². The van der Waals surface area contributed by atoms with Crippen molar-refractivity contribution in [3.05, 3.63) is 46.6 Å². The third-order valence-electron chi connectivity index (χ3n) is 3.21. The molecule has 0 radical (unpaired) electrons. The Bertz CT molecular complexity index is 821. The van der Waals surface area contributed by atoms with Gasteiger partial charge in [-0.15, -0.1) is 11.3 Å². The van der Waals surface area contributed by atoms with Gasteiger partial charge in [0, 0.05) is 0 Å². The Kier molecular flexibility index (Phi) is 5.71. The zero-order valence-corrected chi connectivity index (χ0v) is 14.2. The number of carbonyl (C=O) groups excluding carboxylic acids is 3.